The molecule has 0 unspecified atom stereocenters. The lowest BCUT2D eigenvalue weighted by molar-refractivity contribution is 0.496. The van der Waals surface area contributed by atoms with Gasteiger partial charge in [0, 0.05) is 30.8 Å². The normalized spacial score (nSPS) is 10.6. The zero-order valence-corrected chi connectivity index (χ0v) is 9.56. The minimum absolute atomic E-state index is 0.185. The third-order valence-corrected chi connectivity index (χ3v) is 2.25. The van der Waals surface area contributed by atoms with Crippen LogP contribution in [0.3, 0.4) is 0 Å². The van der Waals surface area contributed by atoms with Gasteiger partial charge in [-0.1, -0.05) is 6.92 Å². The predicted octanol–water partition coefficient (Wildman–Crippen LogP) is 0.577. The molecule has 2 aromatic rings. The van der Waals surface area contributed by atoms with Crippen molar-refractivity contribution in [2.45, 2.75) is 13.3 Å². The summed E-state index contributed by atoms with van der Waals surface area (Å²) < 4.78 is 5.46. The van der Waals surface area contributed by atoms with Crippen LogP contribution in [0.4, 0.5) is 0 Å². The van der Waals surface area contributed by atoms with Crippen LogP contribution in [0, 0.1) is 0 Å². The number of H-pyrrole nitrogens is 1. The monoisotopic (exact) mass is 234 g/mol. The van der Waals surface area contributed by atoms with E-state index in [1.54, 1.807) is 12.3 Å². The van der Waals surface area contributed by atoms with E-state index in [0.717, 1.165) is 13.1 Å². The van der Waals surface area contributed by atoms with Gasteiger partial charge >= 0.3 is 0 Å². The first-order valence-electron chi connectivity index (χ1n) is 5.52. The molecule has 0 saturated heterocycles. The standard InChI is InChI=1S/C11H14N4O2/c1-2-12-5-4-10-14-15-11(17-10)8-3-6-13-9(16)7-8/h3,6-7,12H,2,4-5H2,1H3,(H,13,16). The maximum Gasteiger partial charge on any atom is 0.248 e. The van der Waals surface area contributed by atoms with Crippen molar-refractivity contribution in [2.24, 2.45) is 0 Å². The minimum atomic E-state index is -0.185. The first-order chi connectivity index (χ1) is 8.29. The van der Waals surface area contributed by atoms with Crippen molar-refractivity contribution >= 4 is 0 Å². The Balaban J connectivity index is 2.10. The zero-order valence-electron chi connectivity index (χ0n) is 9.56. The number of likely N-dealkylation sites (N-methyl/N-ethyl adjacent to an activating group) is 1. The first-order valence-corrected chi connectivity index (χ1v) is 5.52. The second kappa shape index (κ2) is 5.40. The van der Waals surface area contributed by atoms with Crippen molar-refractivity contribution in [2.75, 3.05) is 13.1 Å². The molecule has 0 fully saturated rings. The van der Waals surface area contributed by atoms with Gasteiger partial charge in [-0.3, -0.25) is 4.79 Å². The van der Waals surface area contributed by atoms with Crippen LogP contribution >= 0.6 is 0 Å². The summed E-state index contributed by atoms with van der Waals surface area (Å²) in [5, 5.41) is 11.0. The van der Waals surface area contributed by atoms with Gasteiger partial charge in [-0.15, -0.1) is 10.2 Å². The number of hydrogen-bond acceptors (Lipinski definition) is 5. The maximum atomic E-state index is 11.1. The summed E-state index contributed by atoms with van der Waals surface area (Å²) in [7, 11) is 0. The topological polar surface area (TPSA) is 83.8 Å². The molecular formula is C11H14N4O2. The van der Waals surface area contributed by atoms with E-state index in [4.69, 9.17) is 4.42 Å². The summed E-state index contributed by atoms with van der Waals surface area (Å²) in [4.78, 5) is 13.7. The fourth-order valence-electron chi connectivity index (χ4n) is 1.42. The highest BCUT2D eigenvalue weighted by Gasteiger charge is 2.08. The van der Waals surface area contributed by atoms with Crippen LogP contribution in [-0.2, 0) is 6.42 Å². The van der Waals surface area contributed by atoms with Crippen LogP contribution in [0.15, 0.2) is 27.5 Å². The Morgan fingerprint density at radius 3 is 3.12 bits per heavy atom. The highest BCUT2D eigenvalue weighted by atomic mass is 16.4. The highest BCUT2D eigenvalue weighted by molar-refractivity contribution is 5.50. The van der Waals surface area contributed by atoms with Crippen molar-refractivity contribution < 1.29 is 4.42 Å². The summed E-state index contributed by atoms with van der Waals surface area (Å²) in [5.41, 5.74) is 0.450. The van der Waals surface area contributed by atoms with Gasteiger partial charge in [-0.05, 0) is 12.6 Å². The smallest absolute Gasteiger partial charge is 0.248 e. The fourth-order valence-corrected chi connectivity index (χ4v) is 1.42. The number of aromatic amines is 1. The lowest BCUT2D eigenvalue weighted by Crippen LogP contribution is -2.16. The summed E-state index contributed by atoms with van der Waals surface area (Å²) in [6, 6.07) is 3.16. The summed E-state index contributed by atoms with van der Waals surface area (Å²) >= 11 is 0. The van der Waals surface area contributed by atoms with Crippen LogP contribution in [-0.4, -0.2) is 28.3 Å². The molecule has 6 heteroatoms. The molecule has 0 aliphatic carbocycles. The highest BCUT2D eigenvalue weighted by Crippen LogP contribution is 2.14. The molecule has 6 nitrogen and oxygen atoms in total. The second-order valence-corrected chi connectivity index (χ2v) is 3.55. The SMILES string of the molecule is CCNCCc1nnc(-c2cc[nH]c(=O)c2)o1. The van der Waals surface area contributed by atoms with Crippen LogP contribution in [0.5, 0.6) is 0 Å². The Bertz CT molecular complexity index is 532. The van der Waals surface area contributed by atoms with Crippen molar-refractivity contribution in [3.05, 3.63) is 34.6 Å². The minimum Gasteiger partial charge on any atom is -0.421 e. The van der Waals surface area contributed by atoms with E-state index in [0.29, 0.717) is 23.8 Å². The molecular weight excluding hydrogens is 220 g/mol. The Hall–Kier alpha value is -1.95. The third kappa shape index (κ3) is 3.01. The van der Waals surface area contributed by atoms with Gasteiger partial charge in [-0.2, -0.15) is 0 Å². The number of rotatable bonds is 5. The van der Waals surface area contributed by atoms with Gasteiger partial charge in [0.1, 0.15) is 0 Å². The van der Waals surface area contributed by atoms with Gasteiger partial charge < -0.3 is 14.7 Å². The van der Waals surface area contributed by atoms with Crippen LogP contribution in [0.25, 0.3) is 11.5 Å². The first kappa shape index (κ1) is 11.5. The molecule has 90 valence electrons. The number of pyridine rings is 1. The van der Waals surface area contributed by atoms with Crippen molar-refractivity contribution in [1.29, 1.82) is 0 Å². The van der Waals surface area contributed by atoms with Gasteiger partial charge in [0.15, 0.2) is 0 Å². The molecule has 17 heavy (non-hydrogen) atoms. The Kier molecular flexibility index (Phi) is 3.66. The number of nitrogens with zero attached hydrogens (tertiary/aromatic N) is 2. The van der Waals surface area contributed by atoms with Crippen molar-refractivity contribution in [3.8, 4) is 11.5 Å². The molecule has 2 N–H and O–H groups in total. The summed E-state index contributed by atoms with van der Waals surface area (Å²) in [6.07, 6.45) is 2.24. The molecule has 0 aromatic carbocycles. The largest absolute Gasteiger partial charge is 0.421 e. The van der Waals surface area contributed by atoms with Gasteiger partial charge in [0.05, 0.1) is 0 Å². The van der Waals surface area contributed by atoms with Gasteiger partial charge in [0.25, 0.3) is 0 Å². The van der Waals surface area contributed by atoms with E-state index in [-0.39, 0.29) is 5.56 Å². The van der Waals surface area contributed by atoms with Crippen LogP contribution < -0.4 is 10.9 Å². The number of aromatic nitrogens is 3. The number of nitrogens with one attached hydrogen (secondary N) is 2. The van der Waals surface area contributed by atoms with Crippen molar-refractivity contribution in [3.63, 3.8) is 0 Å². The molecule has 0 aliphatic rings. The van der Waals surface area contributed by atoms with Crippen LogP contribution in [0.1, 0.15) is 12.8 Å². The molecule has 0 bridgehead atoms. The maximum absolute atomic E-state index is 11.1. The van der Waals surface area contributed by atoms with Crippen molar-refractivity contribution in [1.82, 2.24) is 20.5 Å². The fraction of sp³-hybridized carbons (Fsp3) is 0.364. The summed E-state index contributed by atoms with van der Waals surface area (Å²) in [6.45, 7) is 3.75. The van der Waals surface area contributed by atoms with E-state index in [1.165, 1.54) is 6.07 Å². The molecule has 0 aliphatic heterocycles. The molecule has 2 rings (SSSR count). The third-order valence-electron chi connectivity index (χ3n) is 2.25. The molecule has 0 radical (unpaired) electrons. The van der Waals surface area contributed by atoms with E-state index in [2.05, 4.69) is 20.5 Å². The lowest BCUT2D eigenvalue weighted by Gasteiger charge is -1.96. The Morgan fingerprint density at radius 2 is 2.35 bits per heavy atom. The molecule has 2 heterocycles. The zero-order chi connectivity index (χ0) is 12.1. The van der Waals surface area contributed by atoms with E-state index >= 15 is 0 Å². The molecule has 0 spiro atoms. The van der Waals surface area contributed by atoms with Crippen LogP contribution in [0.2, 0.25) is 0 Å². The van der Waals surface area contributed by atoms with E-state index in [9.17, 15) is 4.79 Å². The average molecular weight is 234 g/mol. The molecule has 2 aromatic heterocycles. The molecule has 0 saturated carbocycles. The van der Waals surface area contributed by atoms with E-state index < -0.39 is 0 Å². The Labute approximate surface area is 98.1 Å². The van der Waals surface area contributed by atoms with Gasteiger partial charge in [-0.25, -0.2) is 0 Å². The molecule has 0 amide bonds. The quantitative estimate of drug-likeness (QED) is 0.739. The van der Waals surface area contributed by atoms with E-state index in [1.807, 2.05) is 6.92 Å². The predicted molar refractivity (Wildman–Crippen MR) is 62.6 cm³/mol. The van der Waals surface area contributed by atoms with Gasteiger partial charge in [0.2, 0.25) is 17.3 Å². The Morgan fingerprint density at radius 1 is 1.47 bits per heavy atom. The average Bonchev–Trinajstić information content (AvgIpc) is 2.78. The number of hydrogen-bond donors (Lipinski definition) is 2. The second-order valence-electron chi connectivity index (χ2n) is 3.55. The lowest BCUT2D eigenvalue weighted by atomic mass is 10.3. The molecule has 0 atom stereocenters. The summed E-state index contributed by atoms with van der Waals surface area (Å²) in [5.74, 6) is 0.948.